The number of carbonyl (C=O) groups is 2. The van der Waals surface area contributed by atoms with Crippen LogP contribution in [0.2, 0.25) is 0 Å². The van der Waals surface area contributed by atoms with Crippen molar-refractivity contribution in [2.24, 2.45) is 0 Å². The second-order valence-electron chi connectivity index (χ2n) is 7.21. The number of aromatic nitrogens is 2. The molecule has 0 radical (unpaired) electrons. The normalized spacial score (nSPS) is 17.1. The summed E-state index contributed by atoms with van der Waals surface area (Å²) in [6.45, 7) is 5.71. The number of carbonyl (C=O) groups excluding carboxylic acids is 1. The summed E-state index contributed by atoms with van der Waals surface area (Å²) in [4.78, 5) is 30.7. The minimum absolute atomic E-state index is 0.146. The van der Waals surface area contributed by atoms with Gasteiger partial charge in [0.05, 0.1) is 29.8 Å². The maximum Gasteiger partial charge on any atom is 0.490 e. The summed E-state index contributed by atoms with van der Waals surface area (Å²) in [6, 6.07) is 1.92. The van der Waals surface area contributed by atoms with Crippen LogP contribution in [0.1, 0.15) is 41.0 Å². The molecule has 2 aliphatic rings. The Balaban J connectivity index is 0.000000318. The summed E-state index contributed by atoms with van der Waals surface area (Å²) >= 11 is 1.58. The molecule has 2 aromatic rings. The van der Waals surface area contributed by atoms with E-state index in [1.54, 1.807) is 11.3 Å². The molecule has 0 spiro atoms. The van der Waals surface area contributed by atoms with Crippen LogP contribution in [0.25, 0.3) is 0 Å². The monoisotopic (exact) mass is 444 g/mol. The van der Waals surface area contributed by atoms with Crippen LogP contribution in [0.15, 0.2) is 23.2 Å². The molecule has 4 heterocycles. The van der Waals surface area contributed by atoms with Gasteiger partial charge in [-0.05, 0) is 43.8 Å². The molecule has 0 saturated carbocycles. The van der Waals surface area contributed by atoms with Gasteiger partial charge in [0.25, 0.3) is 5.91 Å². The van der Waals surface area contributed by atoms with Crippen molar-refractivity contribution in [1.29, 1.82) is 0 Å². The number of alkyl halides is 3. The quantitative estimate of drug-likeness (QED) is 0.787. The molecule has 4 rings (SSSR count). The molecular formula is C19H23F3N4O3S. The van der Waals surface area contributed by atoms with Gasteiger partial charge in [-0.2, -0.15) is 24.5 Å². The van der Waals surface area contributed by atoms with Gasteiger partial charge in [0.1, 0.15) is 0 Å². The maximum atomic E-state index is 12.7. The maximum absolute atomic E-state index is 12.7. The van der Waals surface area contributed by atoms with Crippen LogP contribution in [0.3, 0.4) is 0 Å². The molecule has 0 atom stereocenters. The SMILES string of the molecule is O=C(O)C(F)(F)F.O=C(c1ccsc1)N1CCCn2cnc(CN3CCCC3)c2C1. The summed E-state index contributed by atoms with van der Waals surface area (Å²) in [7, 11) is 0. The smallest absolute Gasteiger partial charge is 0.475 e. The van der Waals surface area contributed by atoms with E-state index in [0.29, 0.717) is 6.54 Å². The second kappa shape index (κ2) is 9.61. The summed E-state index contributed by atoms with van der Waals surface area (Å²) in [5.74, 6) is -2.61. The van der Waals surface area contributed by atoms with Crippen molar-refractivity contribution in [3.63, 3.8) is 0 Å². The first-order chi connectivity index (χ1) is 14.3. The van der Waals surface area contributed by atoms with Gasteiger partial charge in [0.15, 0.2) is 0 Å². The number of imidazole rings is 1. The number of nitrogens with zero attached hydrogens (tertiary/aromatic N) is 4. The number of fused-ring (bicyclic) bond motifs is 1. The van der Waals surface area contributed by atoms with Gasteiger partial charge in [-0.1, -0.05) is 0 Å². The van der Waals surface area contributed by atoms with Gasteiger partial charge >= 0.3 is 12.1 Å². The molecule has 0 bridgehead atoms. The molecule has 0 aliphatic carbocycles. The molecule has 7 nitrogen and oxygen atoms in total. The summed E-state index contributed by atoms with van der Waals surface area (Å²) in [6.07, 6.45) is 0.444. The van der Waals surface area contributed by atoms with Crippen LogP contribution >= 0.6 is 11.3 Å². The topological polar surface area (TPSA) is 78.7 Å². The van der Waals surface area contributed by atoms with Crippen LogP contribution < -0.4 is 0 Å². The van der Waals surface area contributed by atoms with Crippen molar-refractivity contribution >= 4 is 23.2 Å². The Morgan fingerprint density at radius 1 is 1.13 bits per heavy atom. The molecule has 164 valence electrons. The first-order valence-corrected chi connectivity index (χ1v) is 10.6. The van der Waals surface area contributed by atoms with Crippen molar-refractivity contribution in [3.8, 4) is 0 Å². The molecular weight excluding hydrogens is 421 g/mol. The number of likely N-dealkylation sites (tertiary alicyclic amines) is 1. The highest BCUT2D eigenvalue weighted by Gasteiger charge is 2.38. The zero-order chi connectivity index (χ0) is 21.7. The Labute approximate surface area is 175 Å². The molecule has 1 fully saturated rings. The zero-order valence-corrected chi connectivity index (χ0v) is 17.1. The van der Waals surface area contributed by atoms with E-state index in [0.717, 1.165) is 37.3 Å². The van der Waals surface area contributed by atoms with Crippen LogP contribution in [0.5, 0.6) is 0 Å². The average Bonchev–Trinajstić information content (AvgIpc) is 3.43. The Hall–Kier alpha value is -2.40. The number of aliphatic carboxylic acids is 1. The van der Waals surface area contributed by atoms with E-state index in [9.17, 15) is 18.0 Å². The van der Waals surface area contributed by atoms with Crippen LogP contribution in [0.4, 0.5) is 13.2 Å². The van der Waals surface area contributed by atoms with Gasteiger partial charge in [-0.3, -0.25) is 9.69 Å². The first kappa shape index (κ1) is 22.3. The largest absolute Gasteiger partial charge is 0.490 e. The minimum atomic E-state index is -5.08. The highest BCUT2D eigenvalue weighted by molar-refractivity contribution is 7.08. The van der Waals surface area contributed by atoms with E-state index in [4.69, 9.17) is 9.90 Å². The predicted molar refractivity (Wildman–Crippen MR) is 104 cm³/mol. The third-order valence-corrected chi connectivity index (χ3v) is 5.75. The number of carboxylic acid groups (broad SMARTS) is 1. The Bertz CT molecular complexity index is 861. The van der Waals surface area contributed by atoms with Crippen molar-refractivity contribution < 1.29 is 27.9 Å². The lowest BCUT2D eigenvalue weighted by atomic mass is 10.2. The van der Waals surface area contributed by atoms with E-state index in [-0.39, 0.29) is 5.91 Å². The Kier molecular flexibility index (Phi) is 7.14. The van der Waals surface area contributed by atoms with E-state index < -0.39 is 12.1 Å². The summed E-state index contributed by atoms with van der Waals surface area (Å²) in [5.41, 5.74) is 3.18. The van der Waals surface area contributed by atoms with Gasteiger partial charge in [-0.25, -0.2) is 9.78 Å². The molecule has 1 saturated heterocycles. The van der Waals surface area contributed by atoms with Gasteiger partial charge < -0.3 is 14.6 Å². The molecule has 30 heavy (non-hydrogen) atoms. The van der Waals surface area contributed by atoms with E-state index in [2.05, 4.69) is 14.5 Å². The highest BCUT2D eigenvalue weighted by atomic mass is 32.1. The number of thiophene rings is 1. The number of halogens is 3. The third kappa shape index (κ3) is 5.60. The fraction of sp³-hybridized carbons (Fsp3) is 0.526. The third-order valence-electron chi connectivity index (χ3n) is 5.07. The van der Waals surface area contributed by atoms with Gasteiger partial charge in [0, 0.05) is 25.0 Å². The number of hydrogen-bond acceptors (Lipinski definition) is 5. The predicted octanol–water partition coefficient (Wildman–Crippen LogP) is 3.22. The van der Waals surface area contributed by atoms with Gasteiger partial charge in [0.2, 0.25) is 0 Å². The van der Waals surface area contributed by atoms with Crippen LogP contribution in [-0.2, 0) is 24.4 Å². The Morgan fingerprint density at radius 3 is 2.43 bits per heavy atom. The second-order valence-corrected chi connectivity index (χ2v) is 7.99. The molecule has 1 N–H and O–H groups in total. The molecule has 2 aromatic heterocycles. The molecule has 11 heteroatoms. The number of aryl methyl sites for hydroxylation is 1. The molecule has 0 unspecified atom stereocenters. The lowest BCUT2D eigenvalue weighted by Crippen LogP contribution is -2.31. The van der Waals surface area contributed by atoms with E-state index in [1.165, 1.54) is 31.6 Å². The van der Waals surface area contributed by atoms with Crippen molar-refractivity contribution in [1.82, 2.24) is 19.4 Å². The molecule has 0 aromatic carbocycles. The number of carboxylic acids is 1. The number of rotatable bonds is 3. The summed E-state index contributed by atoms with van der Waals surface area (Å²) in [5, 5.41) is 11.0. The van der Waals surface area contributed by atoms with E-state index >= 15 is 0 Å². The van der Waals surface area contributed by atoms with Crippen LogP contribution in [-0.4, -0.2) is 62.1 Å². The van der Waals surface area contributed by atoms with Crippen molar-refractivity contribution in [2.75, 3.05) is 19.6 Å². The minimum Gasteiger partial charge on any atom is -0.475 e. The fourth-order valence-electron chi connectivity index (χ4n) is 3.54. The number of hydrogen-bond donors (Lipinski definition) is 1. The summed E-state index contributed by atoms with van der Waals surface area (Å²) < 4.78 is 34.0. The fourth-order valence-corrected chi connectivity index (χ4v) is 4.17. The molecule has 1 amide bonds. The standard InChI is InChI=1S/C17H22N4OS.C2HF3O2/c22-17(14-4-9-23-12-14)20-7-3-8-21-13-18-15(16(21)11-20)10-19-5-1-2-6-19;3-2(4,5)1(6)7/h4,9,12-13H,1-3,5-8,10-11H2;(H,6,7). The lowest BCUT2D eigenvalue weighted by molar-refractivity contribution is -0.192. The lowest BCUT2D eigenvalue weighted by Gasteiger charge is -2.21. The first-order valence-electron chi connectivity index (χ1n) is 9.62. The van der Waals surface area contributed by atoms with Crippen molar-refractivity contribution in [3.05, 3.63) is 40.1 Å². The Morgan fingerprint density at radius 2 is 1.83 bits per heavy atom. The molecule has 2 aliphatic heterocycles. The van der Waals surface area contributed by atoms with E-state index in [1.807, 2.05) is 28.1 Å². The highest BCUT2D eigenvalue weighted by Crippen LogP contribution is 2.21. The van der Waals surface area contributed by atoms with Crippen LogP contribution in [0, 0.1) is 0 Å². The van der Waals surface area contributed by atoms with Gasteiger partial charge in [-0.15, -0.1) is 0 Å². The number of amides is 1. The van der Waals surface area contributed by atoms with Crippen molar-refractivity contribution in [2.45, 2.75) is 45.1 Å². The average molecular weight is 444 g/mol. The zero-order valence-electron chi connectivity index (χ0n) is 16.3.